The van der Waals surface area contributed by atoms with Gasteiger partial charge in [-0.2, -0.15) is 5.26 Å². The third-order valence-electron chi connectivity index (χ3n) is 3.93. The van der Waals surface area contributed by atoms with Crippen molar-refractivity contribution < 1.29 is 9.63 Å². The van der Waals surface area contributed by atoms with Gasteiger partial charge in [-0.1, -0.05) is 65.5 Å². The summed E-state index contributed by atoms with van der Waals surface area (Å²) in [6.07, 6.45) is 8.20. The van der Waals surface area contributed by atoms with E-state index >= 15 is 0 Å². The molecule has 138 valence electrons. The first-order valence-corrected chi connectivity index (χ1v) is 10.3. The van der Waals surface area contributed by atoms with Crippen molar-refractivity contribution in [2.45, 2.75) is 64.4 Å². The van der Waals surface area contributed by atoms with E-state index in [9.17, 15) is 4.79 Å². The topological polar surface area (TPSA) is 53.3 Å². The number of halogens is 1. The Hall–Kier alpha value is -1.38. The van der Waals surface area contributed by atoms with Crippen molar-refractivity contribution in [3.8, 4) is 6.07 Å². The van der Waals surface area contributed by atoms with Crippen LogP contribution in [0.5, 0.6) is 0 Å². The van der Waals surface area contributed by atoms with Crippen LogP contribution in [-0.4, -0.2) is 22.8 Å². The van der Waals surface area contributed by atoms with Crippen LogP contribution >= 0.6 is 15.9 Å². The normalized spacial score (nSPS) is 10.4. The minimum Gasteiger partial charge on any atom is -0.273 e. The molecule has 1 rings (SSSR count). The molecule has 0 radical (unpaired) electrons. The Kier molecular flexibility index (Phi) is 12.9. The molecule has 1 aromatic carbocycles. The highest BCUT2D eigenvalue weighted by molar-refractivity contribution is 9.09. The summed E-state index contributed by atoms with van der Waals surface area (Å²) in [4.78, 5) is 18.2. The molecule has 0 saturated carbocycles. The SMILES string of the molecule is N#CCCCCN(OCc1ccccc1)C(=O)CCCCCCCBr. The first-order chi connectivity index (χ1) is 12.3. The lowest BCUT2D eigenvalue weighted by atomic mass is 10.1. The molecule has 0 unspecified atom stereocenters. The van der Waals surface area contributed by atoms with Crippen LogP contribution in [0, 0.1) is 11.3 Å². The molecule has 0 atom stereocenters. The summed E-state index contributed by atoms with van der Waals surface area (Å²) in [6, 6.07) is 12.0. The van der Waals surface area contributed by atoms with Crippen LogP contribution in [0.3, 0.4) is 0 Å². The molecule has 0 spiro atoms. The van der Waals surface area contributed by atoms with Crippen LogP contribution in [0.15, 0.2) is 30.3 Å². The van der Waals surface area contributed by atoms with Gasteiger partial charge in [0.1, 0.15) is 6.61 Å². The number of carbonyl (C=O) groups is 1. The van der Waals surface area contributed by atoms with Crippen LogP contribution < -0.4 is 0 Å². The number of hydroxylamine groups is 2. The third-order valence-corrected chi connectivity index (χ3v) is 4.49. The van der Waals surface area contributed by atoms with Gasteiger partial charge >= 0.3 is 0 Å². The molecule has 0 aliphatic carbocycles. The van der Waals surface area contributed by atoms with Crippen LogP contribution in [0.1, 0.15) is 63.4 Å². The van der Waals surface area contributed by atoms with Crippen LogP contribution in [0.25, 0.3) is 0 Å². The molecule has 0 fully saturated rings. The second kappa shape index (κ2) is 14.9. The lowest BCUT2D eigenvalue weighted by molar-refractivity contribution is -0.192. The van der Waals surface area contributed by atoms with Crippen molar-refractivity contribution in [2.24, 2.45) is 0 Å². The maximum absolute atomic E-state index is 12.4. The molecular formula is C20H29BrN2O2. The average molecular weight is 409 g/mol. The van der Waals surface area contributed by atoms with Gasteiger partial charge in [-0.3, -0.25) is 9.63 Å². The maximum Gasteiger partial charge on any atom is 0.246 e. The maximum atomic E-state index is 12.4. The van der Waals surface area contributed by atoms with E-state index in [0.29, 0.717) is 26.0 Å². The number of benzene rings is 1. The summed E-state index contributed by atoms with van der Waals surface area (Å²) < 4.78 is 0. The summed E-state index contributed by atoms with van der Waals surface area (Å²) in [5.41, 5.74) is 1.05. The predicted octanol–water partition coefficient (Wildman–Crippen LogP) is 5.38. The summed E-state index contributed by atoms with van der Waals surface area (Å²) in [5.74, 6) is 0.0494. The smallest absolute Gasteiger partial charge is 0.246 e. The van der Waals surface area contributed by atoms with E-state index in [4.69, 9.17) is 10.1 Å². The highest BCUT2D eigenvalue weighted by atomic mass is 79.9. The fourth-order valence-corrected chi connectivity index (χ4v) is 2.87. The molecule has 4 nitrogen and oxygen atoms in total. The monoisotopic (exact) mass is 408 g/mol. The Morgan fingerprint density at radius 3 is 2.48 bits per heavy atom. The predicted molar refractivity (Wildman–Crippen MR) is 104 cm³/mol. The number of unbranched alkanes of at least 4 members (excludes halogenated alkanes) is 6. The van der Waals surface area contributed by atoms with Gasteiger partial charge in [0.2, 0.25) is 5.91 Å². The highest BCUT2D eigenvalue weighted by Crippen LogP contribution is 2.11. The van der Waals surface area contributed by atoms with Gasteiger partial charge in [-0.25, -0.2) is 5.06 Å². The van der Waals surface area contributed by atoms with Crippen molar-refractivity contribution >= 4 is 21.8 Å². The minimum atomic E-state index is 0.0494. The van der Waals surface area contributed by atoms with E-state index in [-0.39, 0.29) is 5.91 Å². The van der Waals surface area contributed by atoms with Crippen LogP contribution in [-0.2, 0) is 16.2 Å². The quantitative estimate of drug-likeness (QED) is 0.236. The Bertz CT molecular complexity index is 502. The van der Waals surface area contributed by atoms with Gasteiger partial charge in [0.15, 0.2) is 0 Å². The molecule has 0 aromatic heterocycles. The summed E-state index contributed by atoms with van der Waals surface area (Å²) in [6.45, 7) is 0.951. The van der Waals surface area contributed by atoms with Crippen LogP contribution in [0.4, 0.5) is 0 Å². The van der Waals surface area contributed by atoms with Crippen molar-refractivity contribution in [1.29, 1.82) is 5.26 Å². The summed E-state index contributed by atoms with van der Waals surface area (Å²) in [7, 11) is 0. The van der Waals surface area contributed by atoms with Gasteiger partial charge in [0.25, 0.3) is 0 Å². The zero-order chi connectivity index (χ0) is 18.2. The Labute approximate surface area is 160 Å². The molecule has 5 heteroatoms. The Morgan fingerprint density at radius 1 is 1.04 bits per heavy atom. The second-order valence-corrected chi connectivity index (χ2v) is 6.87. The lowest BCUT2D eigenvalue weighted by Crippen LogP contribution is -2.32. The molecule has 1 amide bonds. The third kappa shape index (κ3) is 11.0. The molecule has 0 aliphatic rings. The van der Waals surface area contributed by atoms with E-state index in [1.165, 1.54) is 24.3 Å². The summed E-state index contributed by atoms with van der Waals surface area (Å²) >= 11 is 3.43. The molecule has 1 aromatic rings. The standard InChI is InChI=1S/C20H29BrN2O2/c21-15-9-3-1-2-8-14-20(24)23(17-11-5-10-16-22)25-18-19-12-6-4-7-13-19/h4,6-7,12-13H,1-3,5,8-11,14-15,17-18H2. The fourth-order valence-electron chi connectivity index (χ4n) is 2.47. The molecule has 0 heterocycles. The zero-order valence-electron chi connectivity index (χ0n) is 15.0. The van der Waals surface area contributed by atoms with Gasteiger partial charge in [-0.15, -0.1) is 0 Å². The molecule has 25 heavy (non-hydrogen) atoms. The average Bonchev–Trinajstić information content (AvgIpc) is 2.64. The second-order valence-electron chi connectivity index (χ2n) is 6.08. The van der Waals surface area contributed by atoms with Crippen LogP contribution in [0.2, 0.25) is 0 Å². The van der Waals surface area contributed by atoms with E-state index < -0.39 is 0 Å². The lowest BCUT2D eigenvalue weighted by Gasteiger charge is -2.22. The molecular weight excluding hydrogens is 380 g/mol. The molecule has 0 bridgehead atoms. The number of nitriles is 1. The number of rotatable bonds is 14. The number of hydrogen-bond donors (Lipinski definition) is 0. The number of alkyl halides is 1. The minimum absolute atomic E-state index is 0.0494. The van der Waals surface area contributed by atoms with Crippen molar-refractivity contribution in [1.82, 2.24) is 5.06 Å². The first kappa shape index (κ1) is 21.7. The molecule has 0 saturated heterocycles. The number of nitrogens with zero attached hydrogens (tertiary/aromatic N) is 2. The van der Waals surface area contributed by atoms with E-state index in [2.05, 4.69) is 22.0 Å². The van der Waals surface area contributed by atoms with Crippen molar-refractivity contribution in [3.63, 3.8) is 0 Å². The first-order valence-electron chi connectivity index (χ1n) is 9.18. The Balaban J connectivity index is 2.37. The number of hydrogen-bond acceptors (Lipinski definition) is 3. The van der Waals surface area contributed by atoms with E-state index in [1.54, 1.807) is 0 Å². The van der Waals surface area contributed by atoms with Gasteiger partial charge in [-0.05, 0) is 31.2 Å². The largest absolute Gasteiger partial charge is 0.273 e. The number of amides is 1. The highest BCUT2D eigenvalue weighted by Gasteiger charge is 2.14. The van der Waals surface area contributed by atoms with Crippen molar-refractivity contribution in [3.05, 3.63) is 35.9 Å². The summed E-state index contributed by atoms with van der Waals surface area (Å²) in [5, 5.41) is 11.2. The van der Waals surface area contributed by atoms with E-state index in [1.807, 2.05) is 30.3 Å². The Morgan fingerprint density at radius 2 is 1.76 bits per heavy atom. The number of carbonyl (C=O) groups excluding carboxylic acids is 1. The molecule has 0 N–H and O–H groups in total. The fraction of sp³-hybridized carbons (Fsp3) is 0.600. The van der Waals surface area contributed by atoms with Crippen molar-refractivity contribution in [2.75, 3.05) is 11.9 Å². The van der Waals surface area contributed by atoms with E-state index in [0.717, 1.165) is 36.6 Å². The van der Waals surface area contributed by atoms with Gasteiger partial charge < -0.3 is 0 Å². The zero-order valence-corrected chi connectivity index (χ0v) is 16.5. The molecule has 0 aliphatic heterocycles. The van der Waals surface area contributed by atoms with Gasteiger partial charge in [0.05, 0.1) is 6.07 Å². The van der Waals surface area contributed by atoms with Gasteiger partial charge in [0, 0.05) is 24.7 Å².